The van der Waals surface area contributed by atoms with Gasteiger partial charge in [-0.15, -0.1) is 0 Å². The van der Waals surface area contributed by atoms with Crippen LogP contribution < -0.4 is 15.4 Å². The predicted molar refractivity (Wildman–Crippen MR) is 74.5 cm³/mol. The summed E-state index contributed by atoms with van der Waals surface area (Å²) >= 11 is 0. The van der Waals surface area contributed by atoms with E-state index < -0.39 is 24.9 Å². The number of hydrogen-bond acceptors (Lipinski definition) is 3. The Labute approximate surface area is 126 Å². The van der Waals surface area contributed by atoms with Crippen molar-refractivity contribution in [1.82, 2.24) is 10.6 Å². The fourth-order valence-electron chi connectivity index (χ4n) is 1.56. The van der Waals surface area contributed by atoms with Crippen LogP contribution in [0.3, 0.4) is 0 Å². The van der Waals surface area contributed by atoms with Gasteiger partial charge in [0.05, 0.1) is 12.6 Å². The Morgan fingerprint density at radius 2 is 1.91 bits per heavy atom. The van der Waals surface area contributed by atoms with Gasteiger partial charge in [0.15, 0.2) is 6.10 Å². The van der Waals surface area contributed by atoms with Crippen molar-refractivity contribution in [2.75, 3.05) is 6.54 Å². The molecule has 0 aliphatic heterocycles. The average molecular weight is 320 g/mol. The van der Waals surface area contributed by atoms with Gasteiger partial charge in [-0.05, 0) is 19.9 Å². The van der Waals surface area contributed by atoms with Crippen LogP contribution in [0.5, 0.6) is 5.75 Å². The molecule has 2 amide bonds. The molecule has 5 nitrogen and oxygen atoms in total. The number of carbonyl (C=O) groups excluding carboxylic acids is 1. The van der Waals surface area contributed by atoms with E-state index in [9.17, 15) is 18.0 Å². The van der Waals surface area contributed by atoms with Crippen LogP contribution in [0.15, 0.2) is 24.3 Å². The summed E-state index contributed by atoms with van der Waals surface area (Å²) in [6.45, 7) is 2.90. The number of urea groups is 1. The van der Waals surface area contributed by atoms with Gasteiger partial charge in [0.2, 0.25) is 0 Å². The van der Waals surface area contributed by atoms with Crippen molar-refractivity contribution < 1.29 is 27.8 Å². The first-order valence-electron chi connectivity index (χ1n) is 6.71. The Hall–Kier alpha value is -1.96. The van der Waals surface area contributed by atoms with E-state index in [0.717, 1.165) is 0 Å². The molecule has 22 heavy (non-hydrogen) atoms. The number of ether oxygens (including phenoxy) is 1. The first-order valence-corrected chi connectivity index (χ1v) is 6.71. The van der Waals surface area contributed by atoms with Crippen molar-refractivity contribution in [2.24, 2.45) is 0 Å². The molecular weight excluding hydrogens is 301 g/mol. The van der Waals surface area contributed by atoms with Crippen LogP contribution in [-0.2, 0) is 6.54 Å². The SMILES string of the molecule is CC(C)Oc1ccccc1CNC(=O)NC[C@@H](O)C(F)(F)F. The molecule has 0 aliphatic carbocycles. The van der Waals surface area contributed by atoms with Gasteiger partial charge in [0, 0.05) is 12.1 Å². The van der Waals surface area contributed by atoms with E-state index in [1.54, 1.807) is 24.3 Å². The van der Waals surface area contributed by atoms with Crippen LogP contribution in [0.2, 0.25) is 0 Å². The average Bonchev–Trinajstić information content (AvgIpc) is 2.42. The van der Waals surface area contributed by atoms with Crippen LogP contribution in [0, 0.1) is 0 Å². The van der Waals surface area contributed by atoms with Gasteiger partial charge in [0.1, 0.15) is 5.75 Å². The quantitative estimate of drug-likeness (QED) is 0.752. The zero-order valence-corrected chi connectivity index (χ0v) is 12.3. The molecule has 0 aromatic heterocycles. The van der Waals surface area contributed by atoms with Crippen LogP contribution in [-0.4, -0.2) is 36.1 Å². The number of para-hydroxylation sites is 1. The Morgan fingerprint density at radius 1 is 1.27 bits per heavy atom. The highest BCUT2D eigenvalue weighted by atomic mass is 19.4. The summed E-state index contributed by atoms with van der Waals surface area (Å²) in [5, 5.41) is 13.1. The van der Waals surface area contributed by atoms with Gasteiger partial charge in [-0.1, -0.05) is 18.2 Å². The number of nitrogens with one attached hydrogen (secondary N) is 2. The number of alkyl halides is 3. The van der Waals surface area contributed by atoms with E-state index >= 15 is 0 Å². The van der Waals surface area contributed by atoms with Crippen LogP contribution in [0.25, 0.3) is 0 Å². The number of aliphatic hydroxyl groups is 1. The van der Waals surface area contributed by atoms with Crippen molar-refractivity contribution in [3.63, 3.8) is 0 Å². The lowest BCUT2D eigenvalue weighted by atomic mass is 10.2. The molecule has 124 valence electrons. The summed E-state index contributed by atoms with van der Waals surface area (Å²) in [6, 6.07) is 6.21. The van der Waals surface area contributed by atoms with Crippen molar-refractivity contribution in [3.8, 4) is 5.75 Å². The molecule has 1 aromatic rings. The third-order valence-electron chi connectivity index (χ3n) is 2.61. The highest BCUT2D eigenvalue weighted by Gasteiger charge is 2.38. The fraction of sp³-hybridized carbons (Fsp3) is 0.500. The molecule has 1 aromatic carbocycles. The monoisotopic (exact) mass is 320 g/mol. The van der Waals surface area contributed by atoms with Gasteiger partial charge < -0.3 is 20.5 Å². The second kappa shape index (κ2) is 7.88. The molecule has 3 N–H and O–H groups in total. The Kier molecular flexibility index (Phi) is 6.48. The molecule has 0 bridgehead atoms. The smallest absolute Gasteiger partial charge is 0.416 e. The summed E-state index contributed by atoms with van der Waals surface area (Å²) in [5.74, 6) is 0.591. The van der Waals surface area contributed by atoms with Crippen LogP contribution in [0.1, 0.15) is 19.4 Å². The molecule has 0 spiro atoms. The maximum atomic E-state index is 12.1. The first-order chi connectivity index (χ1) is 10.2. The third-order valence-corrected chi connectivity index (χ3v) is 2.61. The van der Waals surface area contributed by atoms with Crippen molar-refractivity contribution in [2.45, 2.75) is 38.8 Å². The van der Waals surface area contributed by atoms with Crippen LogP contribution >= 0.6 is 0 Å². The largest absolute Gasteiger partial charge is 0.491 e. The standard InChI is InChI=1S/C14H19F3N2O3/c1-9(2)22-11-6-4-3-5-10(11)7-18-13(21)19-8-12(20)14(15,16)17/h3-6,9,12,20H,7-8H2,1-2H3,(H2,18,19,21)/t12-/m1/s1. The summed E-state index contributed by atoms with van der Waals surface area (Å²) in [7, 11) is 0. The highest BCUT2D eigenvalue weighted by Crippen LogP contribution is 2.20. The van der Waals surface area contributed by atoms with E-state index in [2.05, 4.69) is 5.32 Å². The summed E-state index contributed by atoms with van der Waals surface area (Å²) in [4.78, 5) is 11.4. The minimum atomic E-state index is -4.76. The number of carbonyl (C=O) groups is 1. The van der Waals surface area contributed by atoms with Crippen molar-refractivity contribution in [1.29, 1.82) is 0 Å². The zero-order chi connectivity index (χ0) is 16.8. The zero-order valence-electron chi connectivity index (χ0n) is 12.3. The minimum Gasteiger partial charge on any atom is -0.491 e. The Morgan fingerprint density at radius 3 is 2.50 bits per heavy atom. The molecule has 0 aliphatic rings. The minimum absolute atomic E-state index is 0.0445. The highest BCUT2D eigenvalue weighted by molar-refractivity contribution is 5.73. The fourth-order valence-corrected chi connectivity index (χ4v) is 1.56. The predicted octanol–water partition coefficient (Wildman–Crippen LogP) is 2.20. The molecule has 1 rings (SSSR count). The molecule has 8 heteroatoms. The lowest BCUT2D eigenvalue weighted by molar-refractivity contribution is -0.201. The van der Waals surface area contributed by atoms with E-state index in [0.29, 0.717) is 11.3 Å². The molecule has 0 saturated carbocycles. The van der Waals surface area contributed by atoms with E-state index in [1.165, 1.54) is 0 Å². The number of rotatable bonds is 6. The molecule has 0 fully saturated rings. The lowest BCUT2D eigenvalue weighted by Gasteiger charge is -2.16. The molecule has 1 atom stereocenters. The first kappa shape index (κ1) is 18.1. The van der Waals surface area contributed by atoms with E-state index in [4.69, 9.17) is 9.84 Å². The van der Waals surface area contributed by atoms with Gasteiger partial charge >= 0.3 is 12.2 Å². The van der Waals surface area contributed by atoms with Crippen molar-refractivity contribution in [3.05, 3.63) is 29.8 Å². The van der Waals surface area contributed by atoms with E-state index in [1.807, 2.05) is 19.2 Å². The maximum absolute atomic E-state index is 12.1. The van der Waals surface area contributed by atoms with Crippen LogP contribution in [0.4, 0.5) is 18.0 Å². The second-order valence-electron chi connectivity index (χ2n) is 4.90. The van der Waals surface area contributed by atoms with Gasteiger partial charge in [-0.2, -0.15) is 13.2 Å². The van der Waals surface area contributed by atoms with Gasteiger partial charge in [-0.25, -0.2) is 4.79 Å². The Bertz CT molecular complexity index is 492. The maximum Gasteiger partial charge on any atom is 0.416 e. The molecular formula is C14H19F3N2O3. The lowest BCUT2D eigenvalue weighted by Crippen LogP contribution is -2.44. The molecule has 0 heterocycles. The molecule has 0 saturated heterocycles. The van der Waals surface area contributed by atoms with Gasteiger partial charge in [0.25, 0.3) is 0 Å². The number of amides is 2. The van der Waals surface area contributed by atoms with E-state index in [-0.39, 0.29) is 12.6 Å². The van der Waals surface area contributed by atoms with Gasteiger partial charge in [-0.3, -0.25) is 0 Å². The van der Waals surface area contributed by atoms with Crippen molar-refractivity contribution >= 4 is 6.03 Å². The number of benzene rings is 1. The molecule has 0 radical (unpaired) electrons. The Balaban J connectivity index is 2.48. The second-order valence-corrected chi connectivity index (χ2v) is 4.90. The summed E-state index contributed by atoms with van der Waals surface area (Å²) < 4.78 is 41.8. The normalized spacial score (nSPS) is 12.9. The summed E-state index contributed by atoms with van der Waals surface area (Å²) in [6.07, 6.45) is -7.39. The number of halogens is 3. The third kappa shape index (κ3) is 6.21. The molecule has 0 unspecified atom stereocenters. The summed E-state index contributed by atoms with van der Waals surface area (Å²) in [5.41, 5.74) is 0.697. The number of aliphatic hydroxyl groups excluding tert-OH is 1. The number of hydrogen-bond donors (Lipinski definition) is 3. The topological polar surface area (TPSA) is 70.6 Å².